The van der Waals surface area contributed by atoms with Crippen LogP contribution in [0.25, 0.3) is 11.2 Å². The van der Waals surface area contributed by atoms with Gasteiger partial charge in [0.1, 0.15) is 5.69 Å². The van der Waals surface area contributed by atoms with E-state index in [1.807, 2.05) is 13.8 Å². The van der Waals surface area contributed by atoms with Crippen molar-refractivity contribution in [3.63, 3.8) is 0 Å². The average Bonchev–Trinajstić information content (AvgIpc) is 2.08. The van der Waals surface area contributed by atoms with E-state index in [-0.39, 0.29) is 5.95 Å². The van der Waals surface area contributed by atoms with Crippen LogP contribution in [0.5, 0.6) is 0 Å². The van der Waals surface area contributed by atoms with Crippen molar-refractivity contribution in [3.05, 3.63) is 11.4 Å². The smallest absolute Gasteiger partial charge is 0.344 e. The molecule has 6 heteroatoms. The third-order valence-electron chi connectivity index (χ3n) is 2.04. The van der Waals surface area contributed by atoms with E-state index in [9.17, 15) is 0 Å². The Hall–Kier alpha value is -1.98. The molecule has 0 atom stereocenters. The van der Waals surface area contributed by atoms with Crippen molar-refractivity contribution in [2.75, 3.05) is 11.5 Å². The lowest BCUT2D eigenvalue weighted by atomic mass is 10.3. The van der Waals surface area contributed by atoms with Gasteiger partial charge in [-0.2, -0.15) is 0 Å². The summed E-state index contributed by atoms with van der Waals surface area (Å²) in [6.07, 6.45) is 0. The molecule has 0 spiro atoms. The van der Waals surface area contributed by atoms with Crippen molar-refractivity contribution in [3.8, 4) is 0 Å². The first-order valence-corrected chi connectivity index (χ1v) is 4.17. The van der Waals surface area contributed by atoms with Gasteiger partial charge >= 0.3 is 5.95 Å². The van der Waals surface area contributed by atoms with E-state index in [1.54, 1.807) is 0 Å². The maximum Gasteiger partial charge on any atom is 0.344 e. The fourth-order valence-corrected chi connectivity index (χ4v) is 1.20. The fraction of sp³-hybridized carbons (Fsp3) is 0.250. The van der Waals surface area contributed by atoms with Gasteiger partial charge in [0.25, 0.3) is 5.65 Å². The Labute approximate surface area is 80.4 Å². The lowest BCUT2D eigenvalue weighted by Crippen LogP contribution is -2.18. The summed E-state index contributed by atoms with van der Waals surface area (Å²) in [4.78, 5) is 15.2. The minimum atomic E-state index is 0.243. The summed E-state index contributed by atoms with van der Waals surface area (Å²) in [5.74, 6) is 0.541. The average molecular weight is 191 g/mol. The highest BCUT2D eigenvalue weighted by Crippen LogP contribution is 2.13. The number of H-pyrrole nitrogens is 1. The Morgan fingerprint density at radius 3 is 2.36 bits per heavy atom. The molecule has 14 heavy (non-hydrogen) atoms. The highest BCUT2D eigenvalue weighted by atomic mass is 15.1. The SMILES string of the molecule is Cc1nc2[nH+]c(N)nc(N)c2nc1C. The zero-order valence-electron chi connectivity index (χ0n) is 8.00. The number of anilines is 2. The lowest BCUT2D eigenvalue weighted by molar-refractivity contribution is -0.333. The van der Waals surface area contributed by atoms with Gasteiger partial charge < -0.3 is 11.5 Å². The Bertz CT molecular complexity index is 507. The number of aromatic amines is 1. The highest BCUT2D eigenvalue weighted by Gasteiger charge is 2.12. The molecule has 5 N–H and O–H groups in total. The Balaban J connectivity index is 2.89. The number of hydrogen-bond acceptors (Lipinski definition) is 5. The predicted molar refractivity (Wildman–Crippen MR) is 52.2 cm³/mol. The molecule has 0 unspecified atom stereocenters. The lowest BCUT2D eigenvalue weighted by Gasteiger charge is -1.99. The monoisotopic (exact) mass is 191 g/mol. The first-order chi connectivity index (χ1) is 6.58. The van der Waals surface area contributed by atoms with Gasteiger partial charge in [-0.25, -0.2) is 9.97 Å². The molecule has 2 heterocycles. The van der Waals surface area contributed by atoms with Crippen LogP contribution in [-0.2, 0) is 0 Å². The Kier molecular flexibility index (Phi) is 1.70. The second-order valence-corrected chi connectivity index (χ2v) is 3.10. The van der Waals surface area contributed by atoms with E-state index in [2.05, 4.69) is 19.9 Å². The number of nitrogens with zero attached hydrogens (tertiary/aromatic N) is 3. The van der Waals surface area contributed by atoms with Crippen LogP contribution in [0.3, 0.4) is 0 Å². The number of hydrogen-bond donors (Lipinski definition) is 2. The van der Waals surface area contributed by atoms with Gasteiger partial charge in [0, 0.05) is 0 Å². The quantitative estimate of drug-likeness (QED) is 0.590. The van der Waals surface area contributed by atoms with E-state index in [1.165, 1.54) is 0 Å². The summed E-state index contributed by atoms with van der Waals surface area (Å²) >= 11 is 0. The molecule has 0 fully saturated rings. The molecule has 2 rings (SSSR count). The number of rotatable bonds is 0. The Morgan fingerprint density at radius 1 is 1.00 bits per heavy atom. The minimum absolute atomic E-state index is 0.243. The third kappa shape index (κ3) is 1.20. The number of aryl methyl sites for hydroxylation is 2. The summed E-state index contributed by atoms with van der Waals surface area (Å²) in [6.45, 7) is 3.75. The zero-order valence-corrected chi connectivity index (χ0v) is 8.00. The second-order valence-electron chi connectivity index (χ2n) is 3.10. The van der Waals surface area contributed by atoms with Crippen LogP contribution in [0.1, 0.15) is 11.4 Å². The molecule has 2 aromatic heterocycles. The summed E-state index contributed by atoms with van der Waals surface area (Å²) in [5, 5.41) is 0. The van der Waals surface area contributed by atoms with Gasteiger partial charge in [-0.05, 0) is 13.8 Å². The molecule has 0 amide bonds. The van der Waals surface area contributed by atoms with Crippen LogP contribution in [0, 0.1) is 13.8 Å². The molecule has 0 saturated heterocycles. The number of fused-ring (bicyclic) bond motifs is 1. The van der Waals surface area contributed by atoms with E-state index >= 15 is 0 Å². The van der Waals surface area contributed by atoms with Gasteiger partial charge in [-0.15, -0.1) is 4.98 Å². The topological polar surface area (TPSA) is 105 Å². The maximum absolute atomic E-state index is 5.66. The van der Waals surface area contributed by atoms with Crippen molar-refractivity contribution < 1.29 is 4.98 Å². The molecule has 0 aliphatic carbocycles. The molecular formula is C8H11N6+. The molecule has 0 saturated carbocycles. The van der Waals surface area contributed by atoms with Crippen LogP contribution in [-0.4, -0.2) is 15.0 Å². The van der Waals surface area contributed by atoms with Crippen LogP contribution >= 0.6 is 0 Å². The highest BCUT2D eigenvalue weighted by molar-refractivity contribution is 5.78. The van der Waals surface area contributed by atoms with E-state index in [0.717, 1.165) is 11.4 Å². The first kappa shape index (κ1) is 8.61. The van der Waals surface area contributed by atoms with Crippen molar-refractivity contribution >= 4 is 22.9 Å². The largest absolute Gasteiger partial charge is 0.371 e. The van der Waals surface area contributed by atoms with Gasteiger partial charge in [-0.1, -0.05) is 4.98 Å². The molecule has 0 aliphatic heterocycles. The van der Waals surface area contributed by atoms with Crippen LogP contribution < -0.4 is 16.5 Å². The number of nitrogens with two attached hydrogens (primary N) is 2. The normalized spacial score (nSPS) is 10.7. The van der Waals surface area contributed by atoms with Crippen LogP contribution in [0.15, 0.2) is 0 Å². The summed E-state index contributed by atoms with van der Waals surface area (Å²) in [6, 6.07) is 0. The minimum Gasteiger partial charge on any atom is -0.371 e. The van der Waals surface area contributed by atoms with Crippen LogP contribution in [0.4, 0.5) is 11.8 Å². The molecule has 0 radical (unpaired) electrons. The summed E-state index contributed by atoms with van der Waals surface area (Å²) in [7, 11) is 0. The molecule has 6 nitrogen and oxygen atoms in total. The van der Waals surface area contributed by atoms with Crippen LogP contribution in [0.2, 0.25) is 0 Å². The van der Waals surface area contributed by atoms with E-state index < -0.39 is 0 Å². The molecular weight excluding hydrogens is 180 g/mol. The third-order valence-corrected chi connectivity index (χ3v) is 2.04. The first-order valence-electron chi connectivity index (χ1n) is 4.17. The summed E-state index contributed by atoms with van der Waals surface area (Å²) in [5.41, 5.74) is 14.0. The summed E-state index contributed by atoms with van der Waals surface area (Å²) < 4.78 is 0. The van der Waals surface area contributed by atoms with Gasteiger partial charge in [0.2, 0.25) is 5.82 Å². The maximum atomic E-state index is 5.66. The van der Waals surface area contributed by atoms with E-state index in [0.29, 0.717) is 17.0 Å². The number of nitrogens with one attached hydrogen (secondary N) is 1. The van der Waals surface area contributed by atoms with E-state index in [4.69, 9.17) is 11.5 Å². The Morgan fingerprint density at radius 2 is 1.64 bits per heavy atom. The molecule has 0 aromatic carbocycles. The van der Waals surface area contributed by atoms with Gasteiger partial charge in [0.05, 0.1) is 5.69 Å². The second kappa shape index (κ2) is 2.76. The van der Waals surface area contributed by atoms with Gasteiger partial charge in [0.15, 0.2) is 5.52 Å². The van der Waals surface area contributed by atoms with Crippen molar-refractivity contribution in [1.29, 1.82) is 0 Å². The predicted octanol–water partition coefficient (Wildman–Crippen LogP) is -0.380. The van der Waals surface area contributed by atoms with Crippen molar-refractivity contribution in [2.24, 2.45) is 0 Å². The standard InChI is InChI=1S/C8H10N6/c1-3-4(2)12-7-5(11-3)6(9)13-8(10)14-7/h1-2H3,(H4,9,10,12,13,14)/p+1. The number of aromatic nitrogens is 4. The van der Waals surface area contributed by atoms with Gasteiger partial charge in [-0.3, -0.25) is 0 Å². The molecule has 0 aliphatic rings. The fourth-order valence-electron chi connectivity index (χ4n) is 1.20. The zero-order chi connectivity index (χ0) is 10.3. The van der Waals surface area contributed by atoms with Crippen molar-refractivity contribution in [1.82, 2.24) is 15.0 Å². The van der Waals surface area contributed by atoms with Crippen molar-refractivity contribution in [2.45, 2.75) is 13.8 Å². The molecule has 0 bridgehead atoms. The number of nitrogen functional groups attached to an aromatic ring is 2. The molecule has 72 valence electrons. The molecule has 2 aromatic rings.